The molecule has 1 fully saturated rings. The molecule has 0 spiro atoms. The Hall–Kier alpha value is -2.01. The first kappa shape index (κ1) is 13.0. The van der Waals surface area contributed by atoms with Crippen LogP contribution >= 0.6 is 0 Å². The van der Waals surface area contributed by atoms with Gasteiger partial charge in [-0.25, -0.2) is 0 Å². The lowest BCUT2D eigenvalue weighted by Crippen LogP contribution is -2.44. The number of ether oxygens (including phenoxy) is 1. The van der Waals surface area contributed by atoms with Gasteiger partial charge in [0.05, 0.1) is 24.8 Å². The smallest absolute Gasteiger partial charge is 0.232 e. The highest BCUT2D eigenvalue weighted by Crippen LogP contribution is 2.41. The van der Waals surface area contributed by atoms with Gasteiger partial charge in [-0.3, -0.25) is 4.79 Å². The number of benzene rings is 1. The molecule has 0 saturated heterocycles. The van der Waals surface area contributed by atoms with Crippen molar-refractivity contribution in [1.82, 2.24) is 4.98 Å². The molecule has 0 unspecified atom stereocenters. The summed E-state index contributed by atoms with van der Waals surface area (Å²) < 4.78 is 5.21. The first-order valence-electron chi connectivity index (χ1n) is 6.76. The van der Waals surface area contributed by atoms with Gasteiger partial charge in [-0.2, -0.15) is 0 Å². The molecule has 5 heteroatoms. The Morgan fingerprint density at radius 1 is 1.50 bits per heavy atom. The average Bonchev–Trinajstić information content (AvgIpc) is 2.80. The largest absolute Gasteiger partial charge is 0.497 e. The number of nitrogens with one attached hydrogen (secondary N) is 2. The Labute approximate surface area is 116 Å². The standard InChI is InChI=1S/C15H18N2O3/c1-20-10-3-4-12-11(7-10)13(8-16-12)17-14(19)15(9-18)5-2-6-15/h3-4,7-8,16,18H,2,5-6,9H2,1H3,(H,17,19). The second-order valence-corrected chi connectivity index (χ2v) is 5.36. The van der Waals surface area contributed by atoms with Gasteiger partial charge in [0.25, 0.3) is 0 Å². The molecule has 5 nitrogen and oxygen atoms in total. The number of aliphatic hydroxyl groups excluding tert-OH is 1. The Balaban J connectivity index is 1.89. The maximum atomic E-state index is 12.3. The molecule has 2 aromatic rings. The fourth-order valence-corrected chi connectivity index (χ4v) is 2.65. The maximum Gasteiger partial charge on any atom is 0.232 e. The molecule has 3 N–H and O–H groups in total. The minimum absolute atomic E-state index is 0.0927. The summed E-state index contributed by atoms with van der Waals surface area (Å²) in [5.74, 6) is 0.642. The molecule has 0 atom stereocenters. The fourth-order valence-electron chi connectivity index (χ4n) is 2.65. The molecule has 1 heterocycles. The molecule has 0 radical (unpaired) electrons. The second kappa shape index (κ2) is 4.83. The SMILES string of the molecule is COc1ccc2[nH]cc(NC(=O)C3(CO)CCC3)c2c1. The van der Waals surface area contributed by atoms with Crippen LogP contribution in [0.25, 0.3) is 10.9 Å². The van der Waals surface area contributed by atoms with E-state index in [4.69, 9.17) is 4.74 Å². The Kier molecular flexibility index (Phi) is 3.14. The van der Waals surface area contributed by atoms with Gasteiger partial charge in [-0.1, -0.05) is 6.42 Å². The van der Waals surface area contributed by atoms with Crippen molar-refractivity contribution in [3.8, 4) is 5.75 Å². The summed E-state index contributed by atoms with van der Waals surface area (Å²) in [4.78, 5) is 15.4. The van der Waals surface area contributed by atoms with Gasteiger partial charge in [0, 0.05) is 17.1 Å². The zero-order valence-electron chi connectivity index (χ0n) is 11.4. The van der Waals surface area contributed by atoms with Crippen molar-refractivity contribution < 1.29 is 14.6 Å². The molecule has 0 aliphatic heterocycles. The lowest BCUT2D eigenvalue weighted by Gasteiger charge is -2.38. The van der Waals surface area contributed by atoms with E-state index in [0.717, 1.165) is 41.6 Å². The van der Waals surface area contributed by atoms with E-state index >= 15 is 0 Å². The Bertz CT molecular complexity index is 638. The maximum absolute atomic E-state index is 12.3. The van der Waals surface area contributed by atoms with Gasteiger partial charge in [0.2, 0.25) is 5.91 Å². The highest BCUT2D eigenvalue weighted by atomic mass is 16.5. The van der Waals surface area contributed by atoms with Crippen LogP contribution in [0.3, 0.4) is 0 Å². The van der Waals surface area contributed by atoms with Crippen molar-refractivity contribution in [2.75, 3.05) is 19.0 Å². The number of anilines is 1. The molecule has 1 amide bonds. The molecule has 1 aliphatic carbocycles. The number of carbonyl (C=O) groups is 1. The predicted molar refractivity (Wildman–Crippen MR) is 76.9 cm³/mol. The number of H-pyrrole nitrogens is 1. The third-order valence-corrected chi connectivity index (χ3v) is 4.23. The number of methoxy groups -OCH3 is 1. The minimum Gasteiger partial charge on any atom is -0.497 e. The topological polar surface area (TPSA) is 74.3 Å². The normalized spacial score (nSPS) is 16.7. The van der Waals surface area contributed by atoms with Crippen LogP contribution in [-0.4, -0.2) is 29.7 Å². The zero-order chi connectivity index (χ0) is 14.2. The molecule has 3 rings (SSSR count). The Morgan fingerprint density at radius 3 is 2.90 bits per heavy atom. The zero-order valence-corrected chi connectivity index (χ0v) is 11.4. The highest BCUT2D eigenvalue weighted by molar-refractivity contribution is 6.04. The lowest BCUT2D eigenvalue weighted by molar-refractivity contribution is -0.133. The first-order chi connectivity index (χ1) is 9.68. The van der Waals surface area contributed by atoms with E-state index in [2.05, 4.69) is 10.3 Å². The summed E-state index contributed by atoms with van der Waals surface area (Å²) in [6.45, 7) is -0.0927. The molecule has 1 aromatic heterocycles. The van der Waals surface area contributed by atoms with Gasteiger partial charge in [-0.15, -0.1) is 0 Å². The van der Waals surface area contributed by atoms with E-state index < -0.39 is 5.41 Å². The number of hydrogen-bond acceptors (Lipinski definition) is 3. The summed E-state index contributed by atoms with van der Waals surface area (Å²) in [6.07, 6.45) is 4.27. The van der Waals surface area contributed by atoms with Gasteiger partial charge in [0.15, 0.2) is 0 Å². The van der Waals surface area contributed by atoms with Crippen LogP contribution in [0, 0.1) is 5.41 Å². The number of aromatic nitrogens is 1. The molecular formula is C15H18N2O3. The van der Waals surface area contributed by atoms with Gasteiger partial charge < -0.3 is 20.1 Å². The molecular weight excluding hydrogens is 256 g/mol. The molecule has 20 heavy (non-hydrogen) atoms. The van der Waals surface area contributed by atoms with E-state index in [1.807, 2.05) is 18.2 Å². The van der Waals surface area contributed by atoms with Crippen LogP contribution in [0.4, 0.5) is 5.69 Å². The first-order valence-corrected chi connectivity index (χ1v) is 6.76. The monoisotopic (exact) mass is 274 g/mol. The van der Waals surface area contributed by atoms with E-state index in [-0.39, 0.29) is 12.5 Å². The predicted octanol–water partition coefficient (Wildman–Crippen LogP) is 2.28. The average molecular weight is 274 g/mol. The Morgan fingerprint density at radius 2 is 2.30 bits per heavy atom. The van der Waals surface area contributed by atoms with Crippen molar-refractivity contribution in [3.05, 3.63) is 24.4 Å². The highest BCUT2D eigenvalue weighted by Gasteiger charge is 2.43. The van der Waals surface area contributed by atoms with Crippen molar-refractivity contribution in [2.24, 2.45) is 5.41 Å². The van der Waals surface area contributed by atoms with Gasteiger partial charge in [0.1, 0.15) is 5.75 Å². The van der Waals surface area contributed by atoms with E-state index in [1.54, 1.807) is 13.3 Å². The van der Waals surface area contributed by atoms with Crippen LogP contribution in [0.1, 0.15) is 19.3 Å². The summed E-state index contributed by atoms with van der Waals surface area (Å²) in [5, 5.41) is 13.3. The van der Waals surface area contributed by atoms with E-state index in [0.29, 0.717) is 0 Å². The van der Waals surface area contributed by atoms with E-state index in [1.165, 1.54) is 0 Å². The molecule has 0 bridgehead atoms. The number of rotatable bonds is 4. The molecule has 1 saturated carbocycles. The molecule has 106 valence electrons. The lowest BCUT2D eigenvalue weighted by atomic mass is 9.68. The number of aliphatic hydroxyl groups is 1. The summed E-state index contributed by atoms with van der Waals surface area (Å²) >= 11 is 0. The van der Waals surface area contributed by atoms with Crippen LogP contribution in [-0.2, 0) is 4.79 Å². The van der Waals surface area contributed by atoms with Crippen molar-refractivity contribution >= 4 is 22.5 Å². The summed E-state index contributed by atoms with van der Waals surface area (Å²) in [6, 6.07) is 5.66. The van der Waals surface area contributed by atoms with Gasteiger partial charge in [-0.05, 0) is 31.0 Å². The number of hydrogen-bond donors (Lipinski definition) is 3. The third kappa shape index (κ3) is 1.94. The van der Waals surface area contributed by atoms with Crippen LogP contribution in [0.2, 0.25) is 0 Å². The number of fused-ring (bicyclic) bond motifs is 1. The van der Waals surface area contributed by atoms with Gasteiger partial charge >= 0.3 is 0 Å². The van der Waals surface area contributed by atoms with Crippen LogP contribution < -0.4 is 10.1 Å². The molecule has 1 aliphatic rings. The van der Waals surface area contributed by atoms with Crippen molar-refractivity contribution in [1.29, 1.82) is 0 Å². The number of amides is 1. The van der Waals surface area contributed by atoms with E-state index in [9.17, 15) is 9.90 Å². The molecule has 1 aromatic carbocycles. The number of carbonyl (C=O) groups excluding carboxylic acids is 1. The number of aromatic amines is 1. The quantitative estimate of drug-likeness (QED) is 0.800. The fraction of sp³-hybridized carbons (Fsp3) is 0.400. The summed E-state index contributed by atoms with van der Waals surface area (Å²) in [7, 11) is 1.61. The minimum atomic E-state index is -0.595. The second-order valence-electron chi connectivity index (χ2n) is 5.36. The van der Waals surface area contributed by atoms with Crippen LogP contribution in [0.15, 0.2) is 24.4 Å². The third-order valence-electron chi connectivity index (χ3n) is 4.23. The van der Waals surface area contributed by atoms with Crippen molar-refractivity contribution in [3.63, 3.8) is 0 Å². The summed E-state index contributed by atoms with van der Waals surface area (Å²) in [5.41, 5.74) is 1.07. The van der Waals surface area contributed by atoms with Crippen LogP contribution in [0.5, 0.6) is 5.75 Å². The van der Waals surface area contributed by atoms with Crippen molar-refractivity contribution in [2.45, 2.75) is 19.3 Å².